The summed E-state index contributed by atoms with van der Waals surface area (Å²) in [6, 6.07) is 9.93. The van der Waals surface area contributed by atoms with Crippen LogP contribution in [0.3, 0.4) is 0 Å². The van der Waals surface area contributed by atoms with Gasteiger partial charge in [-0.1, -0.05) is 41.1 Å². The zero-order valence-corrected chi connectivity index (χ0v) is 11.1. The molecule has 1 rings (SSSR count). The van der Waals surface area contributed by atoms with E-state index in [1.54, 1.807) is 10.8 Å². The lowest BCUT2D eigenvalue weighted by Crippen LogP contribution is -2.24. The van der Waals surface area contributed by atoms with Crippen molar-refractivity contribution in [2.45, 2.75) is 5.75 Å². The maximum Gasteiger partial charge on any atom is 0.426 e. The third-order valence-corrected chi connectivity index (χ3v) is 4.91. The van der Waals surface area contributed by atoms with Crippen LogP contribution in [0.2, 0.25) is 0 Å². The quantitative estimate of drug-likeness (QED) is 0.375. The fourth-order valence-corrected chi connectivity index (χ4v) is 3.60. The van der Waals surface area contributed by atoms with Gasteiger partial charge in [0.05, 0.1) is 0 Å². The van der Waals surface area contributed by atoms with Crippen molar-refractivity contribution in [3.63, 3.8) is 0 Å². The first-order valence-corrected chi connectivity index (χ1v) is 8.10. The SMILES string of the molecule is NC(=O)OC(=O)NSSSCc1ccccc1. The molecule has 0 bridgehead atoms. The van der Waals surface area contributed by atoms with Crippen molar-refractivity contribution in [2.24, 2.45) is 5.73 Å². The van der Waals surface area contributed by atoms with Crippen molar-refractivity contribution >= 4 is 43.8 Å². The van der Waals surface area contributed by atoms with Crippen molar-refractivity contribution in [2.75, 3.05) is 0 Å². The molecule has 0 saturated heterocycles. The fraction of sp³-hybridized carbons (Fsp3) is 0.111. The highest BCUT2D eigenvalue weighted by atomic mass is 33.5. The number of amides is 2. The first-order chi connectivity index (χ1) is 8.18. The summed E-state index contributed by atoms with van der Waals surface area (Å²) in [4.78, 5) is 21.0. The summed E-state index contributed by atoms with van der Waals surface area (Å²) in [5.74, 6) is 0.824. The van der Waals surface area contributed by atoms with Gasteiger partial charge in [0.1, 0.15) is 0 Å². The second-order valence-corrected chi connectivity index (χ2v) is 6.58. The van der Waals surface area contributed by atoms with E-state index in [-0.39, 0.29) is 0 Å². The Balaban J connectivity index is 2.05. The van der Waals surface area contributed by atoms with Crippen LogP contribution >= 0.6 is 31.6 Å². The molecule has 0 aromatic heterocycles. The first-order valence-electron chi connectivity index (χ1n) is 4.45. The van der Waals surface area contributed by atoms with Gasteiger partial charge in [0.25, 0.3) is 0 Å². The van der Waals surface area contributed by atoms with Gasteiger partial charge in [0, 0.05) is 16.7 Å². The standard InChI is InChI=1S/C9H10N2O3S3/c10-8(12)14-9(13)11-16-17-15-6-7-4-2-1-3-5-7/h1-5H,6H2,(H2,10,12)(H,11,13). The van der Waals surface area contributed by atoms with Crippen LogP contribution in [0.4, 0.5) is 9.59 Å². The molecule has 1 aromatic carbocycles. The molecule has 0 radical (unpaired) electrons. The smallest absolute Gasteiger partial charge is 0.359 e. The van der Waals surface area contributed by atoms with Crippen molar-refractivity contribution in [3.05, 3.63) is 35.9 Å². The van der Waals surface area contributed by atoms with Crippen LogP contribution in [0.1, 0.15) is 5.56 Å². The van der Waals surface area contributed by atoms with E-state index < -0.39 is 12.2 Å². The highest BCUT2D eigenvalue weighted by Gasteiger charge is 2.05. The van der Waals surface area contributed by atoms with Crippen LogP contribution in [0.15, 0.2) is 30.3 Å². The van der Waals surface area contributed by atoms with E-state index in [9.17, 15) is 9.59 Å². The molecule has 17 heavy (non-hydrogen) atoms. The Labute approximate surface area is 110 Å². The Bertz CT molecular complexity index is 375. The number of primary amides is 1. The zero-order valence-electron chi connectivity index (χ0n) is 8.62. The van der Waals surface area contributed by atoms with Gasteiger partial charge in [0.15, 0.2) is 0 Å². The zero-order chi connectivity index (χ0) is 12.5. The number of nitrogens with two attached hydrogens (primary N) is 1. The van der Waals surface area contributed by atoms with Crippen LogP contribution in [-0.2, 0) is 10.5 Å². The summed E-state index contributed by atoms with van der Waals surface area (Å²) < 4.78 is 6.36. The molecule has 5 nitrogen and oxygen atoms in total. The number of hydrogen-bond acceptors (Lipinski definition) is 6. The molecule has 3 N–H and O–H groups in total. The molecular formula is C9H10N2O3S3. The predicted octanol–water partition coefficient (Wildman–Crippen LogP) is 2.94. The molecule has 0 heterocycles. The molecule has 0 fully saturated rings. The van der Waals surface area contributed by atoms with Gasteiger partial charge in [0.2, 0.25) is 0 Å². The molecule has 1 aromatic rings. The van der Waals surface area contributed by atoms with Gasteiger partial charge in [-0.25, -0.2) is 9.59 Å². The summed E-state index contributed by atoms with van der Waals surface area (Å²) in [5.41, 5.74) is 5.86. The average Bonchev–Trinajstić information content (AvgIpc) is 2.29. The Morgan fingerprint density at radius 2 is 2.00 bits per heavy atom. The summed E-state index contributed by atoms with van der Waals surface area (Å²) in [7, 11) is 4.00. The predicted molar refractivity (Wildman–Crippen MR) is 72.1 cm³/mol. The lowest BCUT2D eigenvalue weighted by Gasteiger charge is -2.02. The number of ether oxygens (including phenoxy) is 1. The van der Waals surface area contributed by atoms with Gasteiger partial charge < -0.3 is 10.5 Å². The third kappa shape index (κ3) is 7.03. The molecule has 0 aliphatic rings. The lowest BCUT2D eigenvalue weighted by molar-refractivity contribution is 0.162. The number of carbonyl (C=O) groups excluding carboxylic acids is 2. The Hall–Kier alpha value is -0.990. The Morgan fingerprint density at radius 3 is 2.65 bits per heavy atom. The number of hydrogen-bond donors (Lipinski definition) is 2. The molecule has 2 amide bonds. The Morgan fingerprint density at radius 1 is 1.29 bits per heavy atom. The van der Waals surface area contributed by atoms with Crippen molar-refractivity contribution in [3.8, 4) is 0 Å². The second kappa shape index (κ2) is 8.15. The highest BCUT2D eigenvalue weighted by Crippen LogP contribution is 2.34. The van der Waals surface area contributed by atoms with Gasteiger partial charge in [-0.15, -0.1) is 0 Å². The maximum absolute atomic E-state index is 10.8. The van der Waals surface area contributed by atoms with Gasteiger partial charge in [-0.05, 0) is 15.4 Å². The molecular weight excluding hydrogens is 280 g/mol. The van der Waals surface area contributed by atoms with Gasteiger partial charge in [-0.3, -0.25) is 4.72 Å². The van der Waals surface area contributed by atoms with Crippen LogP contribution < -0.4 is 10.5 Å². The second-order valence-electron chi connectivity index (χ2n) is 2.71. The average molecular weight is 290 g/mol. The van der Waals surface area contributed by atoms with Gasteiger partial charge in [-0.2, -0.15) is 0 Å². The van der Waals surface area contributed by atoms with Gasteiger partial charge >= 0.3 is 12.2 Å². The number of benzene rings is 1. The lowest BCUT2D eigenvalue weighted by atomic mass is 10.2. The molecule has 8 heteroatoms. The maximum atomic E-state index is 10.8. The largest absolute Gasteiger partial charge is 0.426 e. The number of carbonyl (C=O) groups is 2. The molecule has 0 spiro atoms. The minimum atomic E-state index is -1.12. The molecule has 0 saturated carbocycles. The van der Waals surface area contributed by atoms with E-state index in [0.29, 0.717) is 0 Å². The summed E-state index contributed by atoms with van der Waals surface area (Å²) in [6.07, 6.45) is -1.99. The highest BCUT2D eigenvalue weighted by molar-refractivity contribution is 9.08. The molecule has 0 atom stereocenters. The van der Waals surface area contributed by atoms with E-state index in [1.165, 1.54) is 15.4 Å². The van der Waals surface area contributed by atoms with E-state index in [4.69, 9.17) is 0 Å². The summed E-state index contributed by atoms with van der Waals surface area (Å²) >= 11 is 0. The molecule has 0 unspecified atom stereocenters. The van der Waals surface area contributed by atoms with Crippen molar-refractivity contribution in [1.29, 1.82) is 0 Å². The summed E-state index contributed by atoms with van der Waals surface area (Å²) in [6.45, 7) is 0. The van der Waals surface area contributed by atoms with E-state index in [1.807, 2.05) is 30.3 Å². The van der Waals surface area contributed by atoms with E-state index in [2.05, 4.69) is 15.2 Å². The first kappa shape index (κ1) is 14.1. The van der Waals surface area contributed by atoms with Crippen LogP contribution in [0.5, 0.6) is 0 Å². The van der Waals surface area contributed by atoms with E-state index in [0.717, 1.165) is 16.7 Å². The monoisotopic (exact) mass is 290 g/mol. The van der Waals surface area contributed by atoms with Crippen LogP contribution in [-0.4, -0.2) is 12.2 Å². The van der Waals surface area contributed by atoms with Crippen molar-refractivity contribution < 1.29 is 14.3 Å². The summed E-state index contributed by atoms with van der Waals surface area (Å²) in [5, 5.41) is 0. The molecule has 92 valence electrons. The molecule has 0 aliphatic heterocycles. The van der Waals surface area contributed by atoms with Crippen LogP contribution in [0.25, 0.3) is 0 Å². The number of rotatable bonds is 5. The Kier molecular flexibility index (Phi) is 6.75. The minimum Gasteiger partial charge on any atom is -0.359 e. The molecule has 0 aliphatic carbocycles. The fourth-order valence-electron chi connectivity index (χ4n) is 0.854. The van der Waals surface area contributed by atoms with E-state index >= 15 is 0 Å². The third-order valence-electron chi connectivity index (χ3n) is 1.47. The van der Waals surface area contributed by atoms with Crippen molar-refractivity contribution in [1.82, 2.24) is 4.72 Å². The van der Waals surface area contributed by atoms with Crippen LogP contribution in [0, 0.1) is 0 Å². The minimum absolute atomic E-state index is 0.824. The normalized spacial score (nSPS) is 9.65. The number of nitrogens with one attached hydrogen (secondary N) is 1. The topological polar surface area (TPSA) is 81.4 Å².